The molecule has 0 aliphatic carbocycles. The number of benzene rings is 2. The zero-order valence-electron chi connectivity index (χ0n) is 13.2. The molecule has 0 aromatic heterocycles. The standard InChI is InChI=1S/C18H19NO3S/c1-12-3-6-15(7-4-12)23-10-18(20)19-13(2)14-5-8-16-17(9-14)22-11-21-16/h3-9,13H,10-11H2,1-2H3,(H,19,20). The lowest BCUT2D eigenvalue weighted by Crippen LogP contribution is -2.28. The van der Waals surface area contributed by atoms with E-state index in [1.54, 1.807) is 0 Å². The van der Waals surface area contributed by atoms with Crippen molar-refractivity contribution in [2.45, 2.75) is 24.8 Å². The van der Waals surface area contributed by atoms with E-state index in [4.69, 9.17) is 9.47 Å². The minimum atomic E-state index is -0.0735. The number of carbonyl (C=O) groups is 1. The number of carbonyl (C=O) groups excluding carboxylic acids is 1. The first-order chi connectivity index (χ1) is 11.1. The molecule has 0 spiro atoms. The number of rotatable bonds is 5. The van der Waals surface area contributed by atoms with Crippen LogP contribution in [0.4, 0.5) is 0 Å². The molecule has 2 aromatic carbocycles. The van der Waals surface area contributed by atoms with Gasteiger partial charge in [0.05, 0.1) is 11.8 Å². The van der Waals surface area contributed by atoms with Gasteiger partial charge < -0.3 is 14.8 Å². The first kappa shape index (κ1) is 15.7. The van der Waals surface area contributed by atoms with Crippen LogP contribution in [0.3, 0.4) is 0 Å². The van der Waals surface area contributed by atoms with Crippen LogP contribution in [0.15, 0.2) is 47.4 Å². The van der Waals surface area contributed by atoms with Crippen LogP contribution in [0, 0.1) is 6.92 Å². The molecule has 1 aliphatic rings. The Labute approximate surface area is 140 Å². The Hall–Kier alpha value is -2.14. The van der Waals surface area contributed by atoms with E-state index >= 15 is 0 Å². The summed E-state index contributed by atoms with van der Waals surface area (Å²) in [6.07, 6.45) is 0. The van der Waals surface area contributed by atoms with Gasteiger partial charge >= 0.3 is 0 Å². The van der Waals surface area contributed by atoms with Gasteiger partial charge in [-0.15, -0.1) is 11.8 Å². The van der Waals surface area contributed by atoms with Gasteiger partial charge in [-0.25, -0.2) is 0 Å². The lowest BCUT2D eigenvalue weighted by Gasteiger charge is -2.14. The highest BCUT2D eigenvalue weighted by molar-refractivity contribution is 8.00. The average Bonchev–Trinajstić information content (AvgIpc) is 3.02. The Balaban J connectivity index is 1.54. The van der Waals surface area contributed by atoms with Gasteiger partial charge in [0.2, 0.25) is 12.7 Å². The number of nitrogens with one attached hydrogen (secondary N) is 1. The van der Waals surface area contributed by atoms with Crippen molar-refractivity contribution in [1.82, 2.24) is 5.32 Å². The summed E-state index contributed by atoms with van der Waals surface area (Å²) < 4.78 is 10.7. The normalized spacial score (nSPS) is 13.7. The summed E-state index contributed by atoms with van der Waals surface area (Å²) in [6, 6.07) is 13.8. The Kier molecular flexibility index (Phi) is 4.76. The Bertz CT molecular complexity index is 700. The number of hydrogen-bond acceptors (Lipinski definition) is 4. The highest BCUT2D eigenvalue weighted by Crippen LogP contribution is 2.34. The summed E-state index contributed by atoms with van der Waals surface area (Å²) >= 11 is 1.54. The van der Waals surface area contributed by atoms with E-state index < -0.39 is 0 Å². The molecule has 4 nitrogen and oxygen atoms in total. The van der Waals surface area contributed by atoms with E-state index in [9.17, 15) is 4.79 Å². The van der Waals surface area contributed by atoms with Crippen molar-refractivity contribution in [3.8, 4) is 11.5 Å². The highest BCUT2D eigenvalue weighted by Gasteiger charge is 2.16. The second kappa shape index (κ2) is 6.96. The predicted octanol–water partition coefficient (Wildman–Crippen LogP) is 3.69. The van der Waals surface area contributed by atoms with E-state index in [-0.39, 0.29) is 18.7 Å². The quantitative estimate of drug-likeness (QED) is 0.850. The smallest absolute Gasteiger partial charge is 0.231 e. The number of fused-ring (bicyclic) bond motifs is 1. The SMILES string of the molecule is Cc1ccc(SCC(=O)NC(C)c2ccc3c(c2)OCO3)cc1. The third-order valence-electron chi connectivity index (χ3n) is 3.67. The Morgan fingerprint density at radius 1 is 1.17 bits per heavy atom. The van der Waals surface area contributed by atoms with Gasteiger partial charge in [-0.05, 0) is 43.7 Å². The summed E-state index contributed by atoms with van der Waals surface area (Å²) in [6.45, 7) is 4.27. The molecule has 1 unspecified atom stereocenters. The molecule has 1 N–H and O–H groups in total. The molecule has 23 heavy (non-hydrogen) atoms. The van der Waals surface area contributed by atoms with Crippen LogP contribution in [0.5, 0.6) is 11.5 Å². The molecule has 3 rings (SSSR count). The monoisotopic (exact) mass is 329 g/mol. The van der Waals surface area contributed by atoms with Crippen molar-refractivity contribution in [1.29, 1.82) is 0 Å². The number of aryl methyl sites for hydroxylation is 1. The third kappa shape index (κ3) is 3.99. The third-order valence-corrected chi connectivity index (χ3v) is 4.68. The van der Waals surface area contributed by atoms with E-state index in [0.29, 0.717) is 5.75 Å². The molecule has 1 amide bonds. The lowest BCUT2D eigenvalue weighted by molar-refractivity contribution is -0.119. The van der Waals surface area contributed by atoms with Crippen LogP contribution in [-0.4, -0.2) is 18.5 Å². The molecule has 0 radical (unpaired) electrons. The zero-order valence-corrected chi connectivity index (χ0v) is 14.0. The molecule has 0 saturated heterocycles. The number of ether oxygens (including phenoxy) is 2. The second-order valence-corrected chi connectivity index (χ2v) is 6.55. The summed E-state index contributed by atoms with van der Waals surface area (Å²) in [4.78, 5) is 13.2. The molecule has 120 valence electrons. The van der Waals surface area contributed by atoms with Gasteiger partial charge in [0.15, 0.2) is 11.5 Å². The molecule has 1 aliphatic heterocycles. The summed E-state index contributed by atoms with van der Waals surface area (Å²) in [5.41, 5.74) is 2.22. The molecular weight excluding hydrogens is 310 g/mol. The topological polar surface area (TPSA) is 47.6 Å². The molecule has 0 saturated carbocycles. The van der Waals surface area contributed by atoms with Gasteiger partial charge in [-0.1, -0.05) is 23.8 Å². The molecular formula is C18H19NO3S. The van der Waals surface area contributed by atoms with Crippen molar-refractivity contribution >= 4 is 17.7 Å². The average molecular weight is 329 g/mol. The molecule has 5 heteroatoms. The van der Waals surface area contributed by atoms with Crippen LogP contribution >= 0.6 is 11.8 Å². The van der Waals surface area contributed by atoms with Crippen molar-refractivity contribution in [3.63, 3.8) is 0 Å². The van der Waals surface area contributed by atoms with Crippen molar-refractivity contribution in [2.75, 3.05) is 12.5 Å². The first-order valence-electron chi connectivity index (χ1n) is 7.50. The van der Waals surface area contributed by atoms with Crippen molar-refractivity contribution in [2.24, 2.45) is 0 Å². The van der Waals surface area contributed by atoms with E-state index in [1.165, 1.54) is 17.3 Å². The highest BCUT2D eigenvalue weighted by atomic mass is 32.2. The fraction of sp³-hybridized carbons (Fsp3) is 0.278. The van der Waals surface area contributed by atoms with Crippen LogP contribution in [0.1, 0.15) is 24.1 Å². The van der Waals surface area contributed by atoms with Crippen LogP contribution in [-0.2, 0) is 4.79 Å². The van der Waals surface area contributed by atoms with E-state index in [1.807, 2.05) is 44.2 Å². The largest absolute Gasteiger partial charge is 0.454 e. The van der Waals surface area contributed by atoms with Crippen molar-refractivity contribution < 1.29 is 14.3 Å². The zero-order chi connectivity index (χ0) is 16.2. The molecule has 1 atom stereocenters. The fourth-order valence-electron chi connectivity index (χ4n) is 2.33. The summed E-state index contributed by atoms with van der Waals surface area (Å²) in [5.74, 6) is 1.90. The van der Waals surface area contributed by atoms with Crippen LogP contribution in [0.2, 0.25) is 0 Å². The predicted molar refractivity (Wildman–Crippen MR) is 91.0 cm³/mol. The van der Waals surface area contributed by atoms with Crippen LogP contribution < -0.4 is 14.8 Å². The Morgan fingerprint density at radius 3 is 2.70 bits per heavy atom. The summed E-state index contributed by atoms with van der Waals surface area (Å²) in [5, 5.41) is 3.01. The molecule has 0 fully saturated rings. The number of thioether (sulfide) groups is 1. The van der Waals surface area contributed by atoms with E-state index in [2.05, 4.69) is 17.4 Å². The lowest BCUT2D eigenvalue weighted by atomic mass is 10.1. The first-order valence-corrected chi connectivity index (χ1v) is 8.49. The summed E-state index contributed by atoms with van der Waals surface area (Å²) in [7, 11) is 0. The molecule has 2 aromatic rings. The van der Waals surface area contributed by atoms with E-state index in [0.717, 1.165) is 22.0 Å². The Morgan fingerprint density at radius 2 is 1.91 bits per heavy atom. The van der Waals surface area contributed by atoms with Gasteiger partial charge in [-0.3, -0.25) is 4.79 Å². The maximum Gasteiger partial charge on any atom is 0.231 e. The second-order valence-electron chi connectivity index (χ2n) is 5.50. The van der Waals surface area contributed by atoms with Crippen molar-refractivity contribution in [3.05, 3.63) is 53.6 Å². The van der Waals surface area contributed by atoms with Gasteiger partial charge in [0.25, 0.3) is 0 Å². The minimum absolute atomic E-state index is 0.0146. The fourth-order valence-corrected chi connectivity index (χ4v) is 3.04. The van der Waals surface area contributed by atoms with Crippen LogP contribution in [0.25, 0.3) is 0 Å². The molecule has 0 bridgehead atoms. The molecule has 1 heterocycles. The maximum absolute atomic E-state index is 12.1. The van der Waals surface area contributed by atoms with Gasteiger partial charge in [-0.2, -0.15) is 0 Å². The van der Waals surface area contributed by atoms with Gasteiger partial charge in [0.1, 0.15) is 0 Å². The number of amides is 1. The number of hydrogen-bond donors (Lipinski definition) is 1. The van der Waals surface area contributed by atoms with Gasteiger partial charge in [0, 0.05) is 4.90 Å². The maximum atomic E-state index is 12.1. The minimum Gasteiger partial charge on any atom is -0.454 e.